The number of carbonyl (C=O) groups excluding carboxylic acids is 2. The number of Topliss-reactive ketones (excluding diaryl/α,β-unsaturated/α-hetero) is 1. The molecular weight excluding hydrogens is 475 g/mol. The molecule has 1 saturated heterocycles. The molecule has 0 unspecified atom stereocenters. The Kier molecular flexibility index (Phi) is 7.02. The zero-order chi connectivity index (χ0) is 25.8. The molecule has 1 aliphatic rings. The Labute approximate surface area is 212 Å². The molecule has 190 valence electrons. The number of unbranched alkanes of at least 4 members (excludes halogenated alkanes) is 1. The molecule has 1 amide bonds. The fourth-order valence-corrected chi connectivity index (χ4v) is 4.45. The third-order valence-corrected chi connectivity index (χ3v) is 6.39. The van der Waals surface area contributed by atoms with Crippen LogP contribution >= 0.6 is 0 Å². The highest BCUT2D eigenvalue weighted by Gasteiger charge is 2.31. The maximum atomic E-state index is 14.8. The molecule has 0 aliphatic carbocycles. The van der Waals surface area contributed by atoms with E-state index in [1.165, 1.54) is 22.0 Å². The number of aromatic nitrogens is 5. The number of benzene rings is 1. The largest absolute Gasteiger partial charge is 0.357 e. The zero-order valence-corrected chi connectivity index (χ0v) is 20.5. The van der Waals surface area contributed by atoms with Crippen molar-refractivity contribution in [2.45, 2.75) is 19.8 Å². The van der Waals surface area contributed by atoms with Crippen LogP contribution < -0.4 is 0 Å². The first-order valence-corrected chi connectivity index (χ1v) is 12.3. The zero-order valence-electron chi connectivity index (χ0n) is 20.5. The molecule has 3 aromatic heterocycles. The van der Waals surface area contributed by atoms with E-state index in [4.69, 9.17) is 4.99 Å². The van der Waals surface area contributed by atoms with Gasteiger partial charge in [-0.05, 0) is 6.42 Å². The van der Waals surface area contributed by atoms with Crippen LogP contribution in [0.5, 0.6) is 0 Å². The molecule has 37 heavy (non-hydrogen) atoms. The van der Waals surface area contributed by atoms with E-state index in [-0.39, 0.29) is 22.3 Å². The molecule has 0 atom stereocenters. The van der Waals surface area contributed by atoms with Crippen molar-refractivity contribution >= 4 is 28.4 Å². The standard InChI is InChI=1S/C26H27FN8O2/c1-2-3-9-28-24(18-7-5-4-6-8-18)33-12-14-34(15-13-33)26(37)23(36)19-16-29-22-21(19)20(27)17-30-25(22)35-11-10-31-32-35/h4-8,10-11,16-17,29H,2-3,9,12-15H2,1H3. The van der Waals surface area contributed by atoms with Crippen LogP contribution in [-0.4, -0.2) is 85.0 Å². The number of hydrogen-bond acceptors (Lipinski definition) is 6. The van der Waals surface area contributed by atoms with E-state index in [0.29, 0.717) is 26.2 Å². The first kappa shape index (κ1) is 24.3. The summed E-state index contributed by atoms with van der Waals surface area (Å²) in [5, 5.41) is 7.63. The number of ketones is 1. The van der Waals surface area contributed by atoms with Gasteiger partial charge in [-0.3, -0.25) is 14.6 Å². The lowest BCUT2D eigenvalue weighted by atomic mass is 10.1. The van der Waals surface area contributed by atoms with Gasteiger partial charge in [0.2, 0.25) is 0 Å². The first-order valence-electron chi connectivity index (χ1n) is 12.3. The van der Waals surface area contributed by atoms with Crippen molar-refractivity contribution in [3.8, 4) is 5.82 Å². The van der Waals surface area contributed by atoms with E-state index in [1.807, 2.05) is 30.3 Å². The number of rotatable bonds is 7. The lowest BCUT2D eigenvalue weighted by molar-refractivity contribution is -0.127. The molecule has 5 rings (SSSR count). The first-order chi connectivity index (χ1) is 18.1. The van der Waals surface area contributed by atoms with Crippen LogP contribution in [0.1, 0.15) is 35.7 Å². The van der Waals surface area contributed by atoms with Crippen molar-refractivity contribution in [2.24, 2.45) is 4.99 Å². The monoisotopic (exact) mass is 502 g/mol. The minimum Gasteiger partial charge on any atom is -0.357 e. The van der Waals surface area contributed by atoms with E-state index < -0.39 is 17.5 Å². The number of aliphatic imine (C=N–C) groups is 1. The number of amides is 1. The molecule has 0 saturated carbocycles. The van der Waals surface area contributed by atoms with Gasteiger partial charge < -0.3 is 14.8 Å². The predicted molar refractivity (Wildman–Crippen MR) is 136 cm³/mol. The second kappa shape index (κ2) is 10.7. The minimum atomic E-state index is -0.769. The van der Waals surface area contributed by atoms with Gasteiger partial charge in [0, 0.05) is 44.5 Å². The number of hydrogen-bond donors (Lipinski definition) is 1. The van der Waals surface area contributed by atoms with E-state index >= 15 is 0 Å². The predicted octanol–water partition coefficient (Wildman–Crippen LogP) is 2.86. The molecule has 0 spiro atoms. The van der Waals surface area contributed by atoms with Crippen molar-refractivity contribution < 1.29 is 14.0 Å². The smallest absolute Gasteiger partial charge is 0.295 e. The van der Waals surface area contributed by atoms with Gasteiger partial charge in [-0.25, -0.2) is 14.1 Å². The summed E-state index contributed by atoms with van der Waals surface area (Å²) in [5.41, 5.74) is 1.26. The average molecular weight is 503 g/mol. The van der Waals surface area contributed by atoms with Crippen LogP contribution in [0, 0.1) is 5.82 Å². The molecule has 1 N–H and O–H groups in total. The number of nitrogens with zero attached hydrogens (tertiary/aromatic N) is 7. The van der Waals surface area contributed by atoms with Gasteiger partial charge in [-0.2, -0.15) is 0 Å². The minimum absolute atomic E-state index is 0.00640. The summed E-state index contributed by atoms with van der Waals surface area (Å²) in [6, 6.07) is 9.98. The van der Waals surface area contributed by atoms with Crippen LogP contribution in [0.2, 0.25) is 0 Å². The molecule has 1 aliphatic heterocycles. The highest BCUT2D eigenvalue weighted by atomic mass is 19.1. The maximum absolute atomic E-state index is 14.8. The van der Waals surface area contributed by atoms with Crippen LogP contribution in [0.15, 0.2) is 60.1 Å². The van der Waals surface area contributed by atoms with Crippen molar-refractivity contribution in [1.82, 2.24) is 34.8 Å². The summed E-state index contributed by atoms with van der Waals surface area (Å²) in [6.07, 6.45) is 7.44. The molecule has 4 heterocycles. The number of H-pyrrole nitrogens is 1. The molecular formula is C26H27FN8O2. The van der Waals surface area contributed by atoms with Gasteiger partial charge in [-0.15, -0.1) is 5.10 Å². The van der Waals surface area contributed by atoms with Gasteiger partial charge >= 0.3 is 0 Å². The Bertz CT molecular complexity index is 1420. The highest BCUT2D eigenvalue weighted by Crippen LogP contribution is 2.26. The van der Waals surface area contributed by atoms with Crippen molar-refractivity contribution in [1.29, 1.82) is 0 Å². The van der Waals surface area contributed by atoms with Crippen LogP contribution in [0.25, 0.3) is 16.7 Å². The van der Waals surface area contributed by atoms with Gasteiger partial charge in [0.1, 0.15) is 5.84 Å². The summed E-state index contributed by atoms with van der Waals surface area (Å²) in [4.78, 5) is 41.8. The second-order valence-electron chi connectivity index (χ2n) is 8.76. The number of pyridine rings is 1. The van der Waals surface area contributed by atoms with E-state index in [0.717, 1.165) is 37.0 Å². The Balaban J connectivity index is 1.33. The third kappa shape index (κ3) is 4.84. The number of aromatic amines is 1. The Morgan fingerprint density at radius 2 is 1.86 bits per heavy atom. The summed E-state index contributed by atoms with van der Waals surface area (Å²) < 4.78 is 16.1. The number of nitrogens with one attached hydrogen (secondary N) is 1. The fraction of sp³-hybridized carbons (Fsp3) is 0.308. The lowest BCUT2D eigenvalue weighted by Gasteiger charge is -2.36. The highest BCUT2D eigenvalue weighted by molar-refractivity contribution is 6.45. The Morgan fingerprint density at radius 1 is 1.11 bits per heavy atom. The topological polar surface area (TPSA) is 112 Å². The Hall–Kier alpha value is -4.41. The number of piperazine rings is 1. The maximum Gasteiger partial charge on any atom is 0.295 e. The molecule has 0 radical (unpaired) electrons. The summed E-state index contributed by atoms with van der Waals surface area (Å²) in [6.45, 7) is 4.67. The Morgan fingerprint density at radius 3 is 2.57 bits per heavy atom. The van der Waals surface area contributed by atoms with Crippen LogP contribution in [0.4, 0.5) is 4.39 Å². The fourth-order valence-electron chi connectivity index (χ4n) is 4.45. The number of carbonyl (C=O) groups is 2. The van der Waals surface area contributed by atoms with E-state index in [1.54, 1.807) is 6.20 Å². The van der Waals surface area contributed by atoms with E-state index in [9.17, 15) is 14.0 Å². The lowest BCUT2D eigenvalue weighted by Crippen LogP contribution is -2.52. The molecule has 0 bridgehead atoms. The third-order valence-electron chi connectivity index (χ3n) is 6.39. The SMILES string of the molecule is CCCCN=C(c1ccccc1)N1CCN(C(=O)C(=O)c2c[nH]c3c(-n4ccnn4)ncc(F)c23)CC1. The van der Waals surface area contributed by atoms with E-state index in [2.05, 4.69) is 32.1 Å². The molecule has 1 aromatic carbocycles. The second-order valence-corrected chi connectivity index (χ2v) is 8.76. The number of amidine groups is 1. The van der Waals surface area contributed by atoms with Crippen LogP contribution in [0.3, 0.4) is 0 Å². The average Bonchev–Trinajstić information content (AvgIpc) is 3.63. The normalized spacial score (nSPS) is 14.4. The number of halogens is 1. The quantitative estimate of drug-likeness (QED) is 0.137. The van der Waals surface area contributed by atoms with Gasteiger partial charge in [-0.1, -0.05) is 48.9 Å². The van der Waals surface area contributed by atoms with Crippen LogP contribution in [-0.2, 0) is 4.79 Å². The molecule has 4 aromatic rings. The van der Waals surface area contributed by atoms with Gasteiger partial charge in [0.05, 0.1) is 35.1 Å². The number of fused-ring (bicyclic) bond motifs is 1. The van der Waals surface area contributed by atoms with Crippen molar-refractivity contribution in [3.05, 3.63) is 72.1 Å². The molecule has 11 heteroatoms. The van der Waals surface area contributed by atoms with Gasteiger partial charge in [0.15, 0.2) is 11.6 Å². The molecule has 1 fully saturated rings. The van der Waals surface area contributed by atoms with Crippen molar-refractivity contribution in [2.75, 3.05) is 32.7 Å². The summed E-state index contributed by atoms with van der Waals surface area (Å²) >= 11 is 0. The van der Waals surface area contributed by atoms with Crippen molar-refractivity contribution in [3.63, 3.8) is 0 Å². The summed E-state index contributed by atoms with van der Waals surface area (Å²) in [7, 11) is 0. The van der Waals surface area contributed by atoms with Gasteiger partial charge in [0.25, 0.3) is 11.7 Å². The summed E-state index contributed by atoms with van der Waals surface area (Å²) in [5.74, 6) is -0.946. The molecule has 10 nitrogen and oxygen atoms in total.